The average molecular weight is 454 g/mol. The summed E-state index contributed by atoms with van der Waals surface area (Å²) in [6.45, 7) is 4.54. The van der Waals surface area contributed by atoms with Crippen molar-refractivity contribution in [3.63, 3.8) is 0 Å². The van der Waals surface area contributed by atoms with Crippen LogP contribution in [0.15, 0.2) is 64.5 Å². The van der Waals surface area contributed by atoms with Gasteiger partial charge in [0, 0.05) is 13.0 Å². The number of hydrogen-bond acceptors (Lipinski definition) is 6. The molecule has 0 saturated carbocycles. The largest absolute Gasteiger partial charge is 0.467 e. The zero-order chi connectivity index (χ0) is 23.1. The van der Waals surface area contributed by atoms with E-state index >= 15 is 0 Å². The van der Waals surface area contributed by atoms with Gasteiger partial charge in [-0.3, -0.25) is 14.2 Å². The number of hydrogen-bond donors (Lipinski definition) is 1. The number of esters is 1. The molecule has 1 amide bonds. The van der Waals surface area contributed by atoms with Gasteiger partial charge < -0.3 is 10.1 Å². The number of para-hydroxylation sites is 1. The third-order valence-electron chi connectivity index (χ3n) is 4.81. The van der Waals surface area contributed by atoms with Gasteiger partial charge in [-0.15, -0.1) is 0 Å². The Morgan fingerprint density at radius 1 is 1.09 bits per heavy atom. The van der Waals surface area contributed by atoms with Crippen LogP contribution in [0.4, 0.5) is 0 Å². The number of fused-ring (bicyclic) bond motifs is 1. The molecule has 0 radical (unpaired) electrons. The summed E-state index contributed by atoms with van der Waals surface area (Å²) in [6, 6.07) is 15.8. The van der Waals surface area contributed by atoms with Crippen molar-refractivity contribution in [1.29, 1.82) is 0 Å². The zero-order valence-electron chi connectivity index (χ0n) is 18.4. The number of carbonyl (C=O) groups is 2. The van der Waals surface area contributed by atoms with Gasteiger partial charge in [-0.2, -0.15) is 0 Å². The van der Waals surface area contributed by atoms with Gasteiger partial charge >= 0.3 is 5.97 Å². The summed E-state index contributed by atoms with van der Waals surface area (Å²) in [6.07, 6.45) is 0.330. The number of amides is 1. The fourth-order valence-corrected chi connectivity index (χ4v) is 4.16. The monoisotopic (exact) mass is 453 g/mol. The normalized spacial score (nSPS) is 12.0. The lowest BCUT2D eigenvalue weighted by molar-refractivity contribution is -0.144. The minimum atomic E-state index is -0.794. The van der Waals surface area contributed by atoms with Gasteiger partial charge in [-0.1, -0.05) is 68.1 Å². The first kappa shape index (κ1) is 23.5. The highest BCUT2D eigenvalue weighted by atomic mass is 32.2. The molecule has 0 fully saturated rings. The molecule has 3 aromatic rings. The lowest BCUT2D eigenvalue weighted by atomic mass is 10.1. The van der Waals surface area contributed by atoms with E-state index in [2.05, 4.69) is 10.3 Å². The molecular weight excluding hydrogens is 426 g/mol. The average Bonchev–Trinajstić information content (AvgIpc) is 2.79. The lowest BCUT2D eigenvalue weighted by Gasteiger charge is -2.17. The van der Waals surface area contributed by atoms with Crippen LogP contribution in [0.2, 0.25) is 0 Å². The molecule has 7 nitrogen and oxygen atoms in total. The van der Waals surface area contributed by atoms with Crippen LogP contribution in [-0.4, -0.2) is 40.3 Å². The predicted molar refractivity (Wildman–Crippen MR) is 126 cm³/mol. The second kappa shape index (κ2) is 10.9. The van der Waals surface area contributed by atoms with Crippen molar-refractivity contribution in [2.24, 2.45) is 5.92 Å². The maximum absolute atomic E-state index is 13.0. The molecule has 0 bridgehead atoms. The van der Waals surface area contributed by atoms with Crippen molar-refractivity contribution in [3.8, 4) is 0 Å². The SMILES string of the molecule is COC(=O)[C@@H](Cc1ccccc1)NC(=O)CSc1nc2ccccc2c(=O)n1CC(C)C. The van der Waals surface area contributed by atoms with Crippen LogP contribution < -0.4 is 10.9 Å². The fourth-order valence-electron chi connectivity index (χ4n) is 3.34. The molecule has 0 aliphatic heterocycles. The fraction of sp³-hybridized carbons (Fsp3) is 0.333. The molecule has 0 saturated heterocycles. The predicted octanol–water partition coefficient (Wildman–Crippen LogP) is 3.05. The first-order valence-electron chi connectivity index (χ1n) is 10.4. The Balaban J connectivity index is 1.76. The quantitative estimate of drug-likeness (QED) is 0.304. The van der Waals surface area contributed by atoms with Gasteiger partial charge in [-0.05, 0) is 23.6 Å². The molecule has 3 rings (SSSR count). The minimum absolute atomic E-state index is 0.0190. The minimum Gasteiger partial charge on any atom is -0.467 e. The topological polar surface area (TPSA) is 90.3 Å². The van der Waals surface area contributed by atoms with Crippen LogP contribution >= 0.6 is 11.8 Å². The van der Waals surface area contributed by atoms with E-state index in [1.165, 1.54) is 18.9 Å². The summed E-state index contributed by atoms with van der Waals surface area (Å²) in [7, 11) is 1.30. The Morgan fingerprint density at radius 3 is 2.47 bits per heavy atom. The number of aromatic nitrogens is 2. The number of carbonyl (C=O) groups excluding carboxylic acids is 2. The summed E-state index contributed by atoms with van der Waals surface area (Å²) in [5.41, 5.74) is 1.39. The highest BCUT2D eigenvalue weighted by molar-refractivity contribution is 7.99. The van der Waals surface area contributed by atoms with Crippen LogP contribution in [0.1, 0.15) is 19.4 Å². The maximum Gasteiger partial charge on any atom is 0.328 e. The van der Waals surface area contributed by atoms with Crippen LogP contribution in [0.3, 0.4) is 0 Å². The van der Waals surface area contributed by atoms with E-state index in [1.54, 1.807) is 16.7 Å². The second-order valence-electron chi connectivity index (χ2n) is 7.84. The number of thioether (sulfide) groups is 1. The third-order valence-corrected chi connectivity index (χ3v) is 5.79. The van der Waals surface area contributed by atoms with Crippen molar-refractivity contribution in [2.45, 2.75) is 38.0 Å². The van der Waals surface area contributed by atoms with Gasteiger partial charge in [0.15, 0.2) is 5.16 Å². The van der Waals surface area contributed by atoms with Crippen molar-refractivity contribution < 1.29 is 14.3 Å². The molecular formula is C24H27N3O4S. The van der Waals surface area contributed by atoms with E-state index in [0.29, 0.717) is 29.0 Å². The second-order valence-corrected chi connectivity index (χ2v) is 8.79. The summed E-state index contributed by atoms with van der Waals surface area (Å²) in [5, 5.41) is 3.78. The first-order valence-corrected chi connectivity index (χ1v) is 11.4. The Morgan fingerprint density at radius 2 is 1.78 bits per heavy atom. The molecule has 1 heterocycles. The Kier molecular flexibility index (Phi) is 8.05. The van der Waals surface area contributed by atoms with E-state index in [-0.39, 0.29) is 23.1 Å². The zero-order valence-corrected chi connectivity index (χ0v) is 19.2. The van der Waals surface area contributed by atoms with E-state index in [4.69, 9.17) is 4.74 Å². The maximum atomic E-state index is 13.0. The van der Waals surface area contributed by atoms with Crippen molar-refractivity contribution in [1.82, 2.24) is 14.9 Å². The van der Waals surface area contributed by atoms with Crippen molar-refractivity contribution >= 4 is 34.5 Å². The van der Waals surface area contributed by atoms with E-state index in [1.807, 2.05) is 56.3 Å². The number of benzene rings is 2. The summed E-state index contributed by atoms with van der Waals surface area (Å²) >= 11 is 1.18. The number of nitrogens with one attached hydrogen (secondary N) is 1. The van der Waals surface area contributed by atoms with Gasteiger partial charge in [0.05, 0.1) is 23.8 Å². The van der Waals surface area contributed by atoms with E-state index in [0.717, 1.165) is 5.56 Å². The van der Waals surface area contributed by atoms with Crippen molar-refractivity contribution in [3.05, 3.63) is 70.5 Å². The summed E-state index contributed by atoms with van der Waals surface area (Å²) < 4.78 is 6.47. The molecule has 168 valence electrons. The number of ether oxygens (including phenoxy) is 1. The van der Waals surface area contributed by atoms with Gasteiger partial charge in [0.1, 0.15) is 6.04 Å². The highest BCUT2D eigenvalue weighted by Gasteiger charge is 2.22. The molecule has 0 spiro atoms. The van der Waals surface area contributed by atoms with Crippen LogP contribution in [-0.2, 0) is 27.3 Å². The van der Waals surface area contributed by atoms with Crippen LogP contribution in [0.5, 0.6) is 0 Å². The van der Waals surface area contributed by atoms with Gasteiger partial charge in [-0.25, -0.2) is 9.78 Å². The molecule has 1 aromatic heterocycles. The molecule has 32 heavy (non-hydrogen) atoms. The standard InChI is InChI=1S/C24H27N3O4S/c1-16(2)14-27-22(29)18-11-7-8-12-19(18)26-24(27)32-15-21(28)25-20(23(30)31-3)13-17-9-5-4-6-10-17/h4-12,16,20H,13-15H2,1-3H3,(H,25,28)/t20-/m1/s1. The Labute approximate surface area is 191 Å². The lowest BCUT2D eigenvalue weighted by Crippen LogP contribution is -2.43. The molecule has 0 aliphatic carbocycles. The number of methoxy groups -OCH3 is 1. The molecule has 0 aliphatic rings. The van der Waals surface area contributed by atoms with E-state index in [9.17, 15) is 14.4 Å². The highest BCUT2D eigenvalue weighted by Crippen LogP contribution is 2.19. The Hall–Kier alpha value is -3.13. The number of nitrogens with zero attached hydrogens (tertiary/aromatic N) is 2. The summed E-state index contributed by atoms with van der Waals surface area (Å²) in [4.78, 5) is 42.5. The smallest absolute Gasteiger partial charge is 0.328 e. The molecule has 1 N–H and O–H groups in total. The van der Waals surface area contributed by atoms with Gasteiger partial charge in [0.25, 0.3) is 5.56 Å². The van der Waals surface area contributed by atoms with Crippen LogP contribution in [0.25, 0.3) is 10.9 Å². The van der Waals surface area contributed by atoms with Crippen molar-refractivity contribution in [2.75, 3.05) is 12.9 Å². The third kappa shape index (κ3) is 5.97. The molecule has 1 atom stereocenters. The molecule has 0 unspecified atom stereocenters. The molecule has 2 aromatic carbocycles. The molecule has 8 heteroatoms. The first-order chi connectivity index (χ1) is 15.4. The number of rotatable bonds is 9. The van der Waals surface area contributed by atoms with Gasteiger partial charge in [0.2, 0.25) is 5.91 Å². The Bertz CT molecular complexity index is 1140. The van der Waals surface area contributed by atoms with E-state index < -0.39 is 12.0 Å². The summed E-state index contributed by atoms with van der Waals surface area (Å²) in [5.74, 6) is -0.587. The van der Waals surface area contributed by atoms with Crippen LogP contribution in [0, 0.1) is 5.92 Å².